The molecule has 2 aliphatic rings. The Morgan fingerprint density at radius 3 is 2.24 bits per heavy atom. The molecule has 8 nitrogen and oxygen atoms in total. The highest BCUT2D eigenvalue weighted by molar-refractivity contribution is 5.91. The molecule has 1 heterocycles. The predicted octanol–water partition coefficient (Wildman–Crippen LogP) is 5.27. The Bertz CT molecular complexity index is 1370. The zero-order chi connectivity index (χ0) is 29.5. The molecule has 0 aromatic heterocycles. The van der Waals surface area contributed by atoms with Gasteiger partial charge in [-0.3, -0.25) is 14.5 Å². The fraction of sp³-hybridized carbons (Fsp3) is 0.382. The normalized spacial score (nSPS) is 17.8. The number of aliphatic carboxylic acids is 1. The third-order valence-corrected chi connectivity index (χ3v) is 8.43. The highest BCUT2D eigenvalue weighted by atomic mass is 16.5. The van der Waals surface area contributed by atoms with Crippen molar-refractivity contribution in [3.63, 3.8) is 0 Å². The van der Waals surface area contributed by atoms with Crippen LogP contribution in [0.1, 0.15) is 55.2 Å². The Balaban J connectivity index is 1.30. The van der Waals surface area contributed by atoms with Gasteiger partial charge in [0.25, 0.3) is 0 Å². The highest BCUT2D eigenvalue weighted by Gasteiger charge is 2.48. The number of ether oxygens (including phenoxy) is 1. The number of likely N-dealkylation sites (tertiary alicyclic amines) is 1. The van der Waals surface area contributed by atoms with Crippen LogP contribution in [0.15, 0.2) is 78.9 Å². The third-order valence-electron chi connectivity index (χ3n) is 8.43. The third kappa shape index (κ3) is 6.49. The summed E-state index contributed by atoms with van der Waals surface area (Å²) in [6.45, 7) is 4.69. The molecule has 220 valence electrons. The molecule has 3 aromatic carbocycles. The minimum absolute atomic E-state index is 0.0692. The van der Waals surface area contributed by atoms with Crippen molar-refractivity contribution >= 4 is 18.0 Å². The number of likely N-dealkylation sites (N-methyl/N-ethyl adjacent to an activating group) is 1. The second-order valence-electron chi connectivity index (χ2n) is 11.2. The van der Waals surface area contributed by atoms with Crippen LogP contribution in [0.25, 0.3) is 11.1 Å². The van der Waals surface area contributed by atoms with Crippen LogP contribution in [-0.4, -0.2) is 71.2 Å². The van der Waals surface area contributed by atoms with E-state index in [1.165, 1.54) is 0 Å². The van der Waals surface area contributed by atoms with Crippen molar-refractivity contribution in [1.82, 2.24) is 15.1 Å². The first kappa shape index (κ1) is 29.3. The molecule has 0 spiro atoms. The summed E-state index contributed by atoms with van der Waals surface area (Å²) in [6.07, 6.45) is 1.01. The smallest absolute Gasteiger partial charge is 0.408 e. The molecule has 3 aromatic rings. The van der Waals surface area contributed by atoms with Gasteiger partial charge in [0, 0.05) is 45.1 Å². The summed E-state index contributed by atoms with van der Waals surface area (Å²) < 4.78 is 5.86. The van der Waals surface area contributed by atoms with Gasteiger partial charge in [0.15, 0.2) is 0 Å². The lowest BCUT2D eigenvalue weighted by atomic mass is 9.96. The molecule has 42 heavy (non-hydrogen) atoms. The second kappa shape index (κ2) is 13.2. The summed E-state index contributed by atoms with van der Waals surface area (Å²) in [5.41, 5.74) is 4.59. The molecule has 1 atom stereocenters. The van der Waals surface area contributed by atoms with E-state index in [1.54, 1.807) is 4.90 Å². The lowest BCUT2D eigenvalue weighted by Crippen LogP contribution is -2.61. The van der Waals surface area contributed by atoms with Crippen LogP contribution in [0.2, 0.25) is 0 Å². The van der Waals surface area contributed by atoms with E-state index in [4.69, 9.17) is 9.84 Å². The lowest BCUT2D eigenvalue weighted by molar-refractivity contribution is -0.137. The first-order valence-corrected chi connectivity index (χ1v) is 14.8. The summed E-state index contributed by atoms with van der Waals surface area (Å²) in [6, 6.07) is 26.5. The van der Waals surface area contributed by atoms with Gasteiger partial charge in [-0.25, -0.2) is 4.79 Å². The van der Waals surface area contributed by atoms with E-state index >= 15 is 0 Å². The number of fused-ring (bicyclic) bond motifs is 3. The Kier molecular flexibility index (Phi) is 9.22. The number of carboxylic acids is 1. The molecule has 1 aliphatic carbocycles. The fourth-order valence-corrected chi connectivity index (χ4v) is 6.31. The van der Waals surface area contributed by atoms with Crippen LogP contribution in [-0.2, 0) is 20.9 Å². The van der Waals surface area contributed by atoms with E-state index in [-0.39, 0.29) is 24.9 Å². The van der Waals surface area contributed by atoms with E-state index in [0.717, 1.165) is 27.8 Å². The van der Waals surface area contributed by atoms with Gasteiger partial charge in [-0.2, -0.15) is 0 Å². The minimum atomic E-state index is -1.12. The molecule has 0 saturated carbocycles. The molecule has 5 rings (SSSR count). The van der Waals surface area contributed by atoms with Crippen LogP contribution >= 0.6 is 0 Å². The number of nitrogens with zero attached hydrogens (tertiary/aromatic N) is 2. The van der Waals surface area contributed by atoms with Crippen molar-refractivity contribution in [2.75, 3.05) is 32.8 Å². The van der Waals surface area contributed by atoms with Gasteiger partial charge in [0.1, 0.15) is 12.1 Å². The van der Waals surface area contributed by atoms with Crippen LogP contribution in [0.3, 0.4) is 0 Å². The monoisotopic (exact) mass is 569 g/mol. The molecule has 8 heteroatoms. The molecule has 1 aliphatic heterocycles. The van der Waals surface area contributed by atoms with Crippen LogP contribution in [0.4, 0.5) is 4.79 Å². The summed E-state index contributed by atoms with van der Waals surface area (Å²) in [7, 11) is 0. The number of unbranched alkanes of at least 4 members (excludes halogenated alkanes) is 1. The number of hydrogen-bond donors (Lipinski definition) is 2. The number of carbonyl (C=O) groups is 3. The first-order chi connectivity index (χ1) is 20.4. The molecule has 0 radical (unpaired) electrons. The number of carboxylic acid groups (broad SMARTS) is 1. The zero-order valence-electron chi connectivity index (χ0n) is 24.1. The minimum Gasteiger partial charge on any atom is -0.481 e. The van der Waals surface area contributed by atoms with Crippen molar-refractivity contribution in [2.24, 2.45) is 0 Å². The molecular formula is C34H39N3O5. The standard InChI is InChI=1S/C34H39N3O5/c1-2-37(20-11-10-18-31(38)39)32(40)34(19-21-36(24-34)22-25-12-4-3-5-13-25)35-33(41)42-23-30-28-16-8-6-14-26(28)27-15-7-9-17-29(27)30/h3-9,12-17,30H,2,10-11,18-24H2,1H3,(H,35,41)(H,38,39). The average molecular weight is 570 g/mol. The predicted molar refractivity (Wildman–Crippen MR) is 161 cm³/mol. The number of carbonyl (C=O) groups excluding carboxylic acids is 2. The summed E-state index contributed by atoms with van der Waals surface area (Å²) >= 11 is 0. The van der Waals surface area contributed by atoms with Gasteiger partial charge in [0.05, 0.1) is 0 Å². The maximum atomic E-state index is 14.1. The van der Waals surface area contributed by atoms with Gasteiger partial charge in [-0.1, -0.05) is 78.9 Å². The van der Waals surface area contributed by atoms with Gasteiger partial charge >= 0.3 is 12.1 Å². The quantitative estimate of drug-likeness (QED) is 0.288. The number of hydrogen-bond acceptors (Lipinski definition) is 5. The van der Waals surface area contributed by atoms with Gasteiger partial charge in [-0.05, 0) is 54.0 Å². The zero-order valence-corrected chi connectivity index (χ0v) is 24.1. The molecule has 2 amide bonds. The largest absolute Gasteiger partial charge is 0.481 e. The summed E-state index contributed by atoms with van der Waals surface area (Å²) in [5.74, 6) is -1.07. The molecule has 1 unspecified atom stereocenters. The fourth-order valence-electron chi connectivity index (χ4n) is 6.31. The van der Waals surface area contributed by atoms with Gasteiger partial charge < -0.3 is 20.1 Å². The number of alkyl carbamates (subject to hydrolysis) is 1. The lowest BCUT2D eigenvalue weighted by Gasteiger charge is -2.34. The highest BCUT2D eigenvalue weighted by Crippen LogP contribution is 2.44. The molecule has 2 N–H and O–H groups in total. The topological polar surface area (TPSA) is 99.2 Å². The van der Waals surface area contributed by atoms with Crippen molar-refractivity contribution in [3.05, 3.63) is 95.6 Å². The van der Waals surface area contributed by atoms with Crippen molar-refractivity contribution in [1.29, 1.82) is 0 Å². The first-order valence-electron chi connectivity index (χ1n) is 14.8. The van der Waals surface area contributed by atoms with Crippen molar-refractivity contribution in [3.8, 4) is 11.1 Å². The van der Waals surface area contributed by atoms with E-state index in [9.17, 15) is 14.4 Å². The molecule has 1 fully saturated rings. The SMILES string of the molecule is CCN(CCCCC(=O)O)C(=O)C1(NC(=O)OCC2c3ccccc3-c3ccccc32)CCN(Cc2ccccc2)C1. The molecule has 0 bridgehead atoms. The average Bonchev–Trinajstić information content (AvgIpc) is 3.55. The van der Waals surface area contributed by atoms with E-state index in [0.29, 0.717) is 52.0 Å². The second-order valence-corrected chi connectivity index (χ2v) is 11.2. The van der Waals surface area contributed by atoms with E-state index < -0.39 is 17.6 Å². The van der Waals surface area contributed by atoms with Crippen LogP contribution in [0, 0.1) is 0 Å². The van der Waals surface area contributed by atoms with E-state index in [1.807, 2.05) is 49.4 Å². The van der Waals surface area contributed by atoms with Crippen LogP contribution < -0.4 is 5.32 Å². The number of rotatable bonds is 12. The summed E-state index contributed by atoms with van der Waals surface area (Å²) in [5, 5.41) is 12.0. The summed E-state index contributed by atoms with van der Waals surface area (Å²) in [4.78, 5) is 42.4. The van der Waals surface area contributed by atoms with Crippen LogP contribution in [0.5, 0.6) is 0 Å². The molecular weight excluding hydrogens is 530 g/mol. The Morgan fingerprint density at radius 2 is 1.60 bits per heavy atom. The Morgan fingerprint density at radius 1 is 0.952 bits per heavy atom. The number of nitrogens with one attached hydrogen (secondary N) is 1. The maximum absolute atomic E-state index is 14.1. The van der Waals surface area contributed by atoms with Crippen molar-refractivity contribution in [2.45, 2.75) is 50.6 Å². The maximum Gasteiger partial charge on any atom is 0.408 e. The number of benzene rings is 3. The Labute approximate surface area is 247 Å². The Hall–Kier alpha value is -4.17. The molecule has 1 saturated heterocycles. The van der Waals surface area contributed by atoms with Gasteiger partial charge in [0.2, 0.25) is 5.91 Å². The number of amides is 2. The van der Waals surface area contributed by atoms with Crippen molar-refractivity contribution < 1.29 is 24.2 Å². The van der Waals surface area contributed by atoms with E-state index in [2.05, 4.69) is 46.6 Å². The van der Waals surface area contributed by atoms with Gasteiger partial charge in [-0.15, -0.1) is 0 Å².